The van der Waals surface area contributed by atoms with E-state index in [9.17, 15) is 9.59 Å². The highest BCUT2D eigenvalue weighted by molar-refractivity contribution is 5.89. The summed E-state index contributed by atoms with van der Waals surface area (Å²) < 4.78 is 0. The van der Waals surface area contributed by atoms with Crippen LogP contribution in [-0.2, 0) is 9.59 Å². The second-order valence-corrected chi connectivity index (χ2v) is 3.41. The molecule has 0 radical (unpaired) electrons. The van der Waals surface area contributed by atoms with Gasteiger partial charge in [0.15, 0.2) is 0 Å². The second kappa shape index (κ2) is 4.95. The van der Waals surface area contributed by atoms with Gasteiger partial charge in [-0.2, -0.15) is 0 Å². The van der Waals surface area contributed by atoms with Crippen molar-refractivity contribution in [3.8, 4) is 0 Å². The molecule has 0 aliphatic carbocycles. The van der Waals surface area contributed by atoms with E-state index in [2.05, 4.69) is 5.32 Å². The van der Waals surface area contributed by atoms with Gasteiger partial charge in [-0.05, 0) is 6.92 Å². The van der Waals surface area contributed by atoms with Crippen molar-refractivity contribution < 1.29 is 9.59 Å². The van der Waals surface area contributed by atoms with E-state index >= 15 is 0 Å². The quantitative estimate of drug-likeness (QED) is 0.605. The summed E-state index contributed by atoms with van der Waals surface area (Å²) in [6.07, 6.45) is 0.338. The predicted octanol–water partition coefficient (Wildman–Crippen LogP) is -1.07. The van der Waals surface area contributed by atoms with E-state index in [1.807, 2.05) is 6.92 Å². The maximum Gasteiger partial charge on any atom is 0.225 e. The van der Waals surface area contributed by atoms with E-state index in [0.717, 1.165) is 0 Å². The van der Waals surface area contributed by atoms with Gasteiger partial charge in [0, 0.05) is 32.6 Å². The highest BCUT2D eigenvalue weighted by Gasteiger charge is 2.32. The summed E-state index contributed by atoms with van der Waals surface area (Å²) in [5.41, 5.74) is 5.26. The third kappa shape index (κ3) is 2.45. The van der Waals surface area contributed by atoms with Crippen molar-refractivity contribution in [1.82, 2.24) is 10.2 Å². The summed E-state index contributed by atoms with van der Waals surface area (Å²) in [6, 6.07) is 0. The number of carbonyl (C=O) groups excluding carboxylic acids is 2. The Labute approximate surface area is 83.6 Å². The Morgan fingerprint density at radius 2 is 2.43 bits per heavy atom. The van der Waals surface area contributed by atoms with E-state index in [1.165, 1.54) is 0 Å². The van der Waals surface area contributed by atoms with Crippen molar-refractivity contribution in [2.75, 3.05) is 26.2 Å². The fraction of sp³-hybridized carbons (Fsp3) is 0.778. The van der Waals surface area contributed by atoms with Gasteiger partial charge in [0.25, 0.3) is 0 Å². The molecule has 1 heterocycles. The number of hydrogen-bond acceptors (Lipinski definition) is 3. The Balaban J connectivity index is 2.40. The summed E-state index contributed by atoms with van der Waals surface area (Å²) >= 11 is 0. The molecule has 1 rings (SSSR count). The van der Waals surface area contributed by atoms with Gasteiger partial charge < -0.3 is 16.0 Å². The van der Waals surface area contributed by atoms with Gasteiger partial charge in [-0.25, -0.2) is 0 Å². The van der Waals surface area contributed by atoms with Crippen LogP contribution < -0.4 is 11.1 Å². The summed E-state index contributed by atoms with van der Waals surface area (Å²) in [7, 11) is 0. The monoisotopic (exact) mass is 199 g/mol. The third-order valence-electron chi connectivity index (χ3n) is 2.41. The van der Waals surface area contributed by atoms with Crippen LogP contribution in [0.3, 0.4) is 0 Å². The zero-order valence-electron chi connectivity index (χ0n) is 8.45. The van der Waals surface area contributed by atoms with E-state index in [0.29, 0.717) is 32.6 Å². The van der Waals surface area contributed by atoms with Crippen molar-refractivity contribution >= 4 is 11.8 Å². The van der Waals surface area contributed by atoms with Crippen LogP contribution in [0.5, 0.6) is 0 Å². The topological polar surface area (TPSA) is 75.4 Å². The van der Waals surface area contributed by atoms with Crippen LogP contribution in [0.2, 0.25) is 0 Å². The zero-order valence-corrected chi connectivity index (χ0v) is 8.45. The molecule has 0 bridgehead atoms. The van der Waals surface area contributed by atoms with Gasteiger partial charge in [-0.3, -0.25) is 9.59 Å². The first-order valence-corrected chi connectivity index (χ1v) is 4.94. The van der Waals surface area contributed by atoms with Gasteiger partial charge in [0.1, 0.15) is 0 Å². The minimum atomic E-state index is -0.186. The van der Waals surface area contributed by atoms with Gasteiger partial charge >= 0.3 is 0 Å². The first-order chi connectivity index (χ1) is 6.69. The molecule has 5 heteroatoms. The first-order valence-electron chi connectivity index (χ1n) is 4.94. The fourth-order valence-corrected chi connectivity index (χ4v) is 1.59. The number of nitrogens with zero attached hydrogens (tertiary/aromatic N) is 1. The zero-order chi connectivity index (χ0) is 10.6. The molecule has 5 nitrogen and oxygen atoms in total. The molecule has 1 fully saturated rings. The molecule has 2 amide bonds. The number of amides is 2. The normalized spacial score (nSPS) is 21.4. The highest BCUT2D eigenvalue weighted by Crippen LogP contribution is 2.16. The molecular weight excluding hydrogens is 182 g/mol. The Morgan fingerprint density at radius 1 is 1.71 bits per heavy atom. The molecule has 1 aliphatic heterocycles. The number of nitrogens with one attached hydrogen (secondary N) is 1. The van der Waals surface area contributed by atoms with Gasteiger partial charge in [0.2, 0.25) is 11.8 Å². The number of nitrogens with two attached hydrogens (primary N) is 1. The molecule has 3 N–H and O–H groups in total. The second-order valence-electron chi connectivity index (χ2n) is 3.41. The average molecular weight is 199 g/mol. The molecule has 0 aromatic carbocycles. The van der Waals surface area contributed by atoms with Gasteiger partial charge in [0.05, 0.1) is 5.92 Å². The lowest BCUT2D eigenvalue weighted by Crippen LogP contribution is -2.35. The summed E-state index contributed by atoms with van der Waals surface area (Å²) in [5, 5.41) is 2.70. The summed E-state index contributed by atoms with van der Waals surface area (Å²) in [6.45, 7) is 4.06. The molecule has 14 heavy (non-hydrogen) atoms. The molecule has 1 unspecified atom stereocenters. The highest BCUT2D eigenvalue weighted by atomic mass is 16.2. The Kier molecular flexibility index (Phi) is 3.88. The number of carbonyl (C=O) groups is 2. The molecule has 80 valence electrons. The number of rotatable bonds is 4. The Morgan fingerprint density at radius 3 is 2.93 bits per heavy atom. The van der Waals surface area contributed by atoms with Crippen molar-refractivity contribution in [3.05, 3.63) is 0 Å². The number of likely N-dealkylation sites (tertiary alicyclic amines) is 1. The largest absolute Gasteiger partial charge is 0.355 e. The maximum atomic E-state index is 11.5. The minimum Gasteiger partial charge on any atom is -0.355 e. The number of hydrogen-bond donors (Lipinski definition) is 2. The smallest absolute Gasteiger partial charge is 0.225 e. The van der Waals surface area contributed by atoms with Crippen LogP contribution in [0.15, 0.2) is 0 Å². The van der Waals surface area contributed by atoms with Crippen molar-refractivity contribution in [2.45, 2.75) is 13.3 Å². The van der Waals surface area contributed by atoms with E-state index < -0.39 is 0 Å². The molecular formula is C9H17N3O2. The molecule has 0 saturated carbocycles. The minimum absolute atomic E-state index is 0.0558. The summed E-state index contributed by atoms with van der Waals surface area (Å²) in [5.74, 6) is -0.172. The molecule has 0 aromatic heterocycles. The molecule has 0 aromatic rings. The van der Waals surface area contributed by atoms with Gasteiger partial charge in [-0.15, -0.1) is 0 Å². The van der Waals surface area contributed by atoms with E-state index in [4.69, 9.17) is 5.73 Å². The van der Waals surface area contributed by atoms with E-state index in [1.54, 1.807) is 4.90 Å². The van der Waals surface area contributed by atoms with Crippen LogP contribution in [0.1, 0.15) is 13.3 Å². The van der Waals surface area contributed by atoms with Crippen LogP contribution in [0.4, 0.5) is 0 Å². The fourth-order valence-electron chi connectivity index (χ4n) is 1.59. The first kappa shape index (κ1) is 11.0. The average Bonchev–Trinajstić information content (AvgIpc) is 2.56. The van der Waals surface area contributed by atoms with Crippen LogP contribution in [-0.4, -0.2) is 42.9 Å². The van der Waals surface area contributed by atoms with Crippen LogP contribution in [0.25, 0.3) is 0 Å². The lowest BCUT2D eigenvalue weighted by atomic mass is 10.1. The third-order valence-corrected chi connectivity index (χ3v) is 2.41. The Hall–Kier alpha value is -1.10. The lowest BCUT2D eigenvalue weighted by molar-refractivity contribution is -0.128. The van der Waals surface area contributed by atoms with Crippen LogP contribution in [0, 0.1) is 5.92 Å². The van der Waals surface area contributed by atoms with Crippen molar-refractivity contribution in [3.63, 3.8) is 0 Å². The molecule has 1 aliphatic rings. The van der Waals surface area contributed by atoms with Gasteiger partial charge in [-0.1, -0.05) is 0 Å². The van der Waals surface area contributed by atoms with Crippen molar-refractivity contribution in [2.24, 2.45) is 11.7 Å². The molecule has 1 saturated heterocycles. The van der Waals surface area contributed by atoms with Crippen molar-refractivity contribution in [1.29, 1.82) is 0 Å². The lowest BCUT2D eigenvalue weighted by Gasteiger charge is -2.13. The molecule has 0 spiro atoms. The Bertz CT molecular complexity index is 230. The maximum absolute atomic E-state index is 11.5. The standard InChI is InChI=1S/C9H17N3O2/c1-2-12-6-7(5-8(12)13)9(14)11-4-3-10/h7H,2-6,10H2,1H3,(H,11,14). The molecule has 1 atom stereocenters. The van der Waals surface area contributed by atoms with E-state index in [-0.39, 0.29) is 17.7 Å². The summed E-state index contributed by atoms with van der Waals surface area (Å²) in [4.78, 5) is 24.5. The predicted molar refractivity (Wildman–Crippen MR) is 52.4 cm³/mol. The van der Waals surface area contributed by atoms with Crippen LogP contribution >= 0.6 is 0 Å². The SMILES string of the molecule is CCN1CC(C(=O)NCCN)CC1=O.